The molecule has 1 aliphatic heterocycles. The number of nitro benzene ring substituents is 1. The normalized spacial score (nSPS) is 19.3. The zero-order valence-corrected chi connectivity index (χ0v) is 15.2. The van der Waals surface area contributed by atoms with Gasteiger partial charge in [0.25, 0.3) is 11.6 Å². The first-order valence-corrected chi connectivity index (χ1v) is 8.19. The number of benzene rings is 1. The number of methoxy groups -OCH3 is 1. The molecule has 0 radical (unpaired) electrons. The molecule has 1 amide bonds. The monoisotopic (exact) mass is 380 g/mol. The van der Waals surface area contributed by atoms with Crippen molar-refractivity contribution in [3.63, 3.8) is 0 Å². The lowest BCUT2D eigenvalue weighted by atomic mass is 10.1. The van der Waals surface area contributed by atoms with E-state index in [2.05, 4.69) is 4.74 Å². The van der Waals surface area contributed by atoms with Gasteiger partial charge >= 0.3 is 11.9 Å². The molecule has 2 atom stereocenters. The molecule has 1 aromatic carbocycles. The van der Waals surface area contributed by atoms with Crippen LogP contribution in [0.3, 0.4) is 0 Å². The summed E-state index contributed by atoms with van der Waals surface area (Å²) in [5.41, 5.74) is -0.853. The molecule has 146 valence electrons. The number of non-ortho nitro benzene ring substituents is 1. The first-order chi connectivity index (χ1) is 12.7. The third-order valence-corrected chi connectivity index (χ3v) is 3.88. The number of amides is 1. The molecule has 10 nitrogen and oxygen atoms in total. The second kappa shape index (κ2) is 8.58. The molecule has 1 saturated heterocycles. The van der Waals surface area contributed by atoms with Crippen LogP contribution in [0.5, 0.6) is 0 Å². The van der Waals surface area contributed by atoms with Crippen molar-refractivity contribution in [1.82, 2.24) is 4.90 Å². The van der Waals surface area contributed by atoms with E-state index in [1.165, 1.54) is 4.90 Å². The van der Waals surface area contributed by atoms with Gasteiger partial charge in [-0.15, -0.1) is 0 Å². The number of carbonyl (C=O) groups is 3. The van der Waals surface area contributed by atoms with Gasteiger partial charge in [0.05, 0.1) is 35.4 Å². The van der Waals surface area contributed by atoms with Crippen LogP contribution in [0.4, 0.5) is 5.69 Å². The van der Waals surface area contributed by atoms with E-state index in [4.69, 9.17) is 9.47 Å². The highest BCUT2D eigenvalue weighted by molar-refractivity contribution is 5.97. The second-order valence-electron chi connectivity index (χ2n) is 6.15. The Labute approximate surface area is 155 Å². The smallest absolute Gasteiger partial charge is 0.338 e. The lowest BCUT2D eigenvalue weighted by Gasteiger charge is -2.35. The maximum absolute atomic E-state index is 12.2. The Kier molecular flexibility index (Phi) is 6.45. The Hall–Kier alpha value is -3.01. The van der Waals surface area contributed by atoms with Crippen LogP contribution in [0.1, 0.15) is 34.6 Å². The zero-order chi connectivity index (χ0) is 20.1. The molecular weight excluding hydrogens is 360 g/mol. The van der Waals surface area contributed by atoms with Crippen LogP contribution >= 0.6 is 0 Å². The predicted octanol–water partition coefficient (Wildman–Crippen LogP) is 1.17. The molecule has 1 aromatic rings. The summed E-state index contributed by atoms with van der Waals surface area (Å²) in [6.45, 7) is 3.90. The number of rotatable bonds is 5. The number of nitro groups is 1. The van der Waals surface area contributed by atoms with Crippen molar-refractivity contribution in [2.45, 2.75) is 26.1 Å². The van der Waals surface area contributed by atoms with Gasteiger partial charge in [-0.2, -0.15) is 0 Å². The van der Waals surface area contributed by atoms with Crippen molar-refractivity contribution in [2.75, 3.05) is 26.8 Å². The maximum Gasteiger partial charge on any atom is 0.338 e. The van der Waals surface area contributed by atoms with Crippen molar-refractivity contribution in [2.24, 2.45) is 0 Å². The van der Waals surface area contributed by atoms with Crippen molar-refractivity contribution in [3.8, 4) is 0 Å². The molecule has 0 N–H and O–H groups in total. The topological polar surface area (TPSA) is 125 Å². The van der Waals surface area contributed by atoms with Crippen molar-refractivity contribution < 1.29 is 33.5 Å². The van der Waals surface area contributed by atoms with Gasteiger partial charge < -0.3 is 19.1 Å². The lowest BCUT2D eigenvalue weighted by Crippen LogP contribution is -2.49. The van der Waals surface area contributed by atoms with Crippen molar-refractivity contribution >= 4 is 23.5 Å². The quantitative estimate of drug-likeness (QED) is 0.423. The highest BCUT2D eigenvalue weighted by Crippen LogP contribution is 2.19. The molecule has 27 heavy (non-hydrogen) atoms. The summed E-state index contributed by atoms with van der Waals surface area (Å²) < 4.78 is 15.0. The van der Waals surface area contributed by atoms with Gasteiger partial charge in [-0.1, -0.05) is 0 Å². The average molecular weight is 380 g/mol. The summed E-state index contributed by atoms with van der Waals surface area (Å²) in [5, 5.41) is 11.0. The molecule has 1 fully saturated rings. The van der Waals surface area contributed by atoms with Crippen molar-refractivity contribution in [1.29, 1.82) is 0 Å². The highest BCUT2D eigenvalue weighted by atomic mass is 16.6. The van der Waals surface area contributed by atoms with Crippen LogP contribution in [-0.2, 0) is 19.0 Å². The Morgan fingerprint density at radius 1 is 1.15 bits per heavy atom. The molecule has 10 heteroatoms. The van der Waals surface area contributed by atoms with E-state index in [0.29, 0.717) is 13.1 Å². The molecule has 1 heterocycles. The standard InChI is InChI=1S/C17H20N2O8/c1-10-7-18(8-11(2)27-10)15(20)9-26-17(22)13-4-12(16(21)25-3)5-14(6-13)19(23)24/h4-6,10-11H,7-9H2,1-3H3/t10-,11+. The van der Waals surface area contributed by atoms with Crippen LogP contribution in [-0.4, -0.2) is 66.7 Å². The summed E-state index contributed by atoms with van der Waals surface area (Å²) in [7, 11) is 1.11. The number of morpholine rings is 1. The van der Waals surface area contributed by atoms with E-state index >= 15 is 0 Å². The van der Waals surface area contributed by atoms with Gasteiger partial charge in [0.2, 0.25) is 0 Å². The first-order valence-electron chi connectivity index (χ1n) is 8.19. The van der Waals surface area contributed by atoms with E-state index in [-0.39, 0.29) is 23.3 Å². The van der Waals surface area contributed by atoms with E-state index in [1.807, 2.05) is 13.8 Å². The highest BCUT2D eigenvalue weighted by Gasteiger charge is 2.27. The largest absolute Gasteiger partial charge is 0.465 e. The van der Waals surface area contributed by atoms with Gasteiger partial charge in [-0.25, -0.2) is 9.59 Å². The summed E-state index contributed by atoms with van der Waals surface area (Å²) in [6.07, 6.45) is -0.263. The minimum Gasteiger partial charge on any atom is -0.465 e. The molecule has 2 rings (SSSR count). The third kappa shape index (κ3) is 5.23. The first kappa shape index (κ1) is 20.3. The fourth-order valence-electron chi connectivity index (χ4n) is 2.75. The van der Waals surface area contributed by atoms with E-state index < -0.39 is 35.1 Å². The summed E-state index contributed by atoms with van der Waals surface area (Å²) >= 11 is 0. The minimum absolute atomic E-state index is 0.132. The second-order valence-corrected chi connectivity index (χ2v) is 6.15. The molecule has 0 spiro atoms. The summed E-state index contributed by atoms with van der Waals surface area (Å²) in [4.78, 5) is 47.8. The molecular formula is C17H20N2O8. The van der Waals surface area contributed by atoms with Gasteiger partial charge in [0, 0.05) is 25.2 Å². The Morgan fingerprint density at radius 2 is 1.70 bits per heavy atom. The fraction of sp³-hybridized carbons (Fsp3) is 0.471. The lowest BCUT2D eigenvalue weighted by molar-refractivity contribution is -0.384. The minimum atomic E-state index is -0.952. The van der Waals surface area contributed by atoms with E-state index in [1.54, 1.807) is 0 Å². The molecule has 0 saturated carbocycles. The predicted molar refractivity (Wildman–Crippen MR) is 91.3 cm³/mol. The van der Waals surface area contributed by atoms with Crippen LogP contribution in [0.25, 0.3) is 0 Å². The van der Waals surface area contributed by atoms with Crippen LogP contribution in [0.15, 0.2) is 18.2 Å². The molecule has 0 aliphatic carbocycles. The maximum atomic E-state index is 12.2. The van der Waals surface area contributed by atoms with Gasteiger partial charge in [0.15, 0.2) is 6.61 Å². The number of carbonyl (C=O) groups excluding carboxylic acids is 3. The molecule has 0 bridgehead atoms. The van der Waals surface area contributed by atoms with Gasteiger partial charge in [-0.3, -0.25) is 14.9 Å². The van der Waals surface area contributed by atoms with Gasteiger partial charge in [0.1, 0.15) is 0 Å². The Morgan fingerprint density at radius 3 is 2.22 bits per heavy atom. The Bertz CT molecular complexity index is 753. The molecule has 0 unspecified atom stereocenters. The number of hydrogen-bond donors (Lipinski definition) is 0. The average Bonchev–Trinajstić information content (AvgIpc) is 2.63. The van der Waals surface area contributed by atoms with E-state index in [0.717, 1.165) is 25.3 Å². The number of hydrogen-bond acceptors (Lipinski definition) is 8. The SMILES string of the molecule is COC(=O)c1cc(C(=O)OCC(=O)N2C[C@@H](C)O[C@@H](C)C2)cc([N+](=O)[O-])c1. The summed E-state index contributed by atoms with van der Waals surface area (Å²) in [5.74, 6) is -2.18. The van der Waals surface area contributed by atoms with Crippen LogP contribution in [0, 0.1) is 10.1 Å². The fourth-order valence-corrected chi connectivity index (χ4v) is 2.75. The number of nitrogens with zero attached hydrogens (tertiary/aromatic N) is 2. The third-order valence-electron chi connectivity index (χ3n) is 3.88. The van der Waals surface area contributed by atoms with Crippen LogP contribution in [0.2, 0.25) is 0 Å². The summed E-state index contributed by atoms with van der Waals surface area (Å²) in [6, 6.07) is 3.08. The Balaban J connectivity index is 2.08. The van der Waals surface area contributed by atoms with Crippen LogP contribution < -0.4 is 0 Å². The molecule has 1 aliphatic rings. The zero-order valence-electron chi connectivity index (χ0n) is 15.2. The van der Waals surface area contributed by atoms with Crippen molar-refractivity contribution in [3.05, 3.63) is 39.4 Å². The molecule has 0 aromatic heterocycles. The number of ether oxygens (including phenoxy) is 3. The van der Waals surface area contributed by atoms with E-state index in [9.17, 15) is 24.5 Å². The number of esters is 2. The van der Waals surface area contributed by atoms with Gasteiger partial charge in [-0.05, 0) is 19.9 Å².